The van der Waals surface area contributed by atoms with Gasteiger partial charge in [-0.1, -0.05) is 13.8 Å². The van der Waals surface area contributed by atoms with Crippen molar-refractivity contribution in [2.45, 2.75) is 39.2 Å². The fraction of sp³-hybridized carbons (Fsp3) is 0.522. The Labute approximate surface area is 197 Å². The second-order valence-corrected chi connectivity index (χ2v) is 9.25. The third-order valence-corrected chi connectivity index (χ3v) is 7.17. The SMILES string of the molecule is CCN(CC)[C@@H]1CCN(C(=O)Oc2cc(F)ccc2/C=C2\SC(N3CCCCN3)=NC2=O)C1. The van der Waals surface area contributed by atoms with Gasteiger partial charge in [0.25, 0.3) is 5.91 Å². The summed E-state index contributed by atoms with van der Waals surface area (Å²) in [5.74, 6) is -0.774. The number of nitrogens with zero attached hydrogens (tertiary/aromatic N) is 4. The summed E-state index contributed by atoms with van der Waals surface area (Å²) in [6, 6.07) is 4.28. The standard InChI is InChI=1S/C23H30FN5O3S/c1-3-27(4-2)18-9-12-28(15-18)23(31)32-19-14-17(24)8-7-16(19)13-20-21(30)26-22(33-20)29-11-6-5-10-25-29/h7-8,13-14,18,25H,3-6,9-12,15H2,1-2H3/b20-13-/t18-/m1/s1. The first-order valence-electron chi connectivity index (χ1n) is 11.5. The first-order valence-corrected chi connectivity index (χ1v) is 12.3. The van der Waals surface area contributed by atoms with Gasteiger partial charge in [-0.05, 0) is 62.3 Å². The van der Waals surface area contributed by atoms with Gasteiger partial charge in [0.2, 0.25) is 0 Å². The van der Waals surface area contributed by atoms with Crippen molar-refractivity contribution < 1.29 is 18.7 Å². The molecular formula is C23H30FN5O3S. The third-order valence-electron chi connectivity index (χ3n) is 6.16. The Bertz CT molecular complexity index is 959. The lowest BCUT2D eigenvalue weighted by atomic mass is 10.2. The minimum absolute atomic E-state index is 0.0942. The van der Waals surface area contributed by atoms with Crippen LogP contribution in [0, 0.1) is 5.82 Å². The van der Waals surface area contributed by atoms with E-state index in [1.54, 1.807) is 11.0 Å². The molecule has 0 radical (unpaired) electrons. The predicted octanol–water partition coefficient (Wildman–Crippen LogP) is 3.31. The van der Waals surface area contributed by atoms with Crippen molar-refractivity contribution in [2.24, 2.45) is 4.99 Å². The zero-order valence-electron chi connectivity index (χ0n) is 19.1. The van der Waals surface area contributed by atoms with Gasteiger partial charge in [0.15, 0.2) is 5.17 Å². The summed E-state index contributed by atoms with van der Waals surface area (Å²) in [5.41, 5.74) is 3.70. The van der Waals surface area contributed by atoms with E-state index in [9.17, 15) is 14.0 Å². The van der Waals surface area contributed by atoms with Crippen LogP contribution < -0.4 is 10.2 Å². The number of likely N-dealkylation sites (N-methyl/N-ethyl adjacent to an activating group) is 1. The van der Waals surface area contributed by atoms with Crippen LogP contribution in [0.4, 0.5) is 9.18 Å². The summed E-state index contributed by atoms with van der Waals surface area (Å²) < 4.78 is 19.6. The van der Waals surface area contributed by atoms with Crippen molar-refractivity contribution in [1.29, 1.82) is 0 Å². The maximum Gasteiger partial charge on any atom is 0.415 e. The highest BCUT2D eigenvalue weighted by Crippen LogP contribution is 2.33. The monoisotopic (exact) mass is 475 g/mol. The molecule has 1 atom stereocenters. The van der Waals surface area contributed by atoms with Crippen LogP contribution in [0.3, 0.4) is 0 Å². The molecule has 8 nitrogen and oxygen atoms in total. The second kappa shape index (κ2) is 10.7. The molecule has 0 bridgehead atoms. The van der Waals surface area contributed by atoms with Crippen LogP contribution >= 0.6 is 11.8 Å². The summed E-state index contributed by atoms with van der Waals surface area (Å²) in [6.45, 7) is 8.88. The number of aliphatic imine (C=N–C) groups is 1. The summed E-state index contributed by atoms with van der Waals surface area (Å²) in [7, 11) is 0. The predicted molar refractivity (Wildman–Crippen MR) is 127 cm³/mol. The molecule has 0 aromatic heterocycles. The van der Waals surface area contributed by atoms with Crippen molar-refractivity contribution in [3.8, 4) is 5.75 Å². The van der Waals surface area contributed by atoms with Crippen LogP contribution in [-0.4, -0.2) is 77.3 Å². The van der Waals surface area contributed by atoms with Crippen molar-refractivity contribution in [2.75, 3.05) is 39.3 Å². The van der Waals surface area contributed by atoms with E-state index in [1.165, 1.54) is 30.0 Å². The molecule has 4 rings (SSSR count). The molecule has 1 N–H and O–H groups in total. The van der Waals surface area contributed by atoms with Gasteiger partial charge in [-0.25, -0.2) is 14.6 Å². The van der Waals surface area contributed by atoms with Gasteiger partial charge in [-0.15, -0.1) is 0 Å². The quantitative estimate of drug-likeness (QED) is 0.655. The van der Waals surface area contributed by atoms with E-state index in [0.717, 1.165) is 45.4 Å². The van der Waals surface area contributed by atoms with E-state index in [-0.39, 0.29) is 11.7 Å². The van der Waals surface area contributed by atoms with Crippen LogP contribution in [0.2, 0.25) is 0 Å². The highest BCUT2D eigenvalue weighted by molar-refractivity contribution is 8.18. The normalized spacial score (nSPS) is 22.4. The van der Waals surface area contributed by atoms with E-state index in [4.69, 9.17) is 4.74 Å². The van der Waals surface area contributed by atoms with Crippen molar-refractivity contribution in [3.05, 3.63) is 34.5 Å². The van der Waals surface area contributed by atoms with Crippen LogP contribution in [0.15, 0.2) is 28.1 Å². The number of amides is 2. The van der Waals surface area contributed by atoms with Crippen LogP contribution in [-0.2, 0) is 4.79 Å². The van der Waals surface area contributed by atoms with Gasteiger partial charge >= 0.3 is 6.09 Å². The van der Waals surface area contributed by atoms with E-state index >= 15 is 0 Å². The Morgan fingerprint density at radius 3 is 2.88 bits per heavy atom. The molecule has 1 aromatic rings. The molecule has 3 aliphatic rings. The Kier molecular flexibility index (Phi) is 7.67. The topological polar surface area (TPSA) is 77.5 Å². The molecular weight excluding hydrogens is 445 g/mol. The van der Waals surface area contributed by atoms with E-state index in [2.05, 4.69) is 29.2 Å². The van der Waals surface area contributed by atoms with E-state index in [0.29, 0.717) is 34.8 Å². The minimum atomic E-state index is -0.512. The molecule has 2 fully saturated rings. The molecule has 2 amide bonds. The molecule has 3 aliphatic heterocycles. The fourth-order valence-corrected chi connectivity index (χ4v) is 5.24. The maximum atomic E-state index is 14.0. The summed E-state index contributed by atoms with van der Waals surface area (Å²) in [6.07, 6.45) is 4.10. The van der Waals surface area contributed by atoms with Gasteiger partial charge in [-0.2, -0.15) is 4.99 Å². The summed E-state index contributed by atoms with van der Waals surface area (Å²) in [4.78, 5) is 33.8. The number of amidine groups is 1. The molecule has 0 unspecified atom stereocenters. The molecule has 0 aliphatic carbocycles. The largest absolute Gasteiger partial charge is 0.415 e. The van der Waals surface area contributed by atoms with Gasteiger partial charge < -0.3 is 9.64 Å². The zero-order chi connectivity index (χ0) is 23.4. The number of carbonyl (C=O) groups is 2. The van der Waals surface area contributed by atoms with Crippen LogP contribution in [0.25, 0.3) is 6.08 Å². The maximum absolute atomic E-state index is 14.0. The Balaban J connectivity index is 1.46. The molecule has 0 spiro atoms. The van der Waals surface area contributed by atoms with E-state index < -0.39 is 11.9 Å². The number of nitrogens with one attached hydrogen (secondary N) is 1. The number of benzene rings is 1. The van der Waals surface area contributed by atoms with Crippen molar-refractivity contribution in [3.63, 3.8) is 0 Å². The minimum Gasteiger partial charge on any atom is -0.409 e. The summed E-state index contributed by atoms with van der Waals surface area (Å²) >= 11 is 1.26. The molecule has 1 aromatic carbocycles. The first kappa shape index (κ1) is 23.7. The number of hydrogen-bond donors (Lipinski definition) is 1. The Hall–Kier alpha value is -2.43. The van der Waals surface area contributed by atoms with Gasteiger partial charge in [0.05, 0.1) is 4.91 Å². The number of carbonyl (C=O) groups excluding carboxylic acids is 2. The Morgan fingerprint density at radius 1 is 1.33 bits per heavy atom. The lowest BCUT2D eigenvalue weighted by Crippen LogP contribution is -2.45. The van der Waals surface area contributed by atoms with Crippen LogP contribution in [0.5, 0.6) is 5.75 Å². The number of likely N-dealkylation sites (tertiary alicyclic amines) is 1. The molecule has 2 saturated heterocycles. The lowest BCUT2D eigenvalue weighted by Gasteiger charge is -2.28. The number of ether oxygens (including phenoxy) is 1. The van der Waals surface area contributed by atoms with Crippen molar-refractivity contribution >= 4 is 35.0 Å². The Morgan fingerprint density at radius 2 is 2.15 bits per heavy atom. The van der Waals surface area contributed by atoms with Gasteiger partial charge in [-0.3, -0.25) is 14.7 Å². The molecule has 178 valence electrons. The first-order chi connectivity index (χ1) is 16.0. The molecule has 10 heteroatoms. The number of hydrogen-bond acceptors (Lipinski definition) is 7. The number of halogens is 1. The lowest BCUT2D eigenvalue weighted by molar-refractivity contribution is -0.113. The van der Waals surface area contributed by atoms with Gasteiger partial charge in [0, 0.05) is 43.9 Å². The third kappa shape index (κ3) is 5.56. The smallest absolute Gasteiger partial charge is 0.409 e. The average Bonchev–Trinajstić information content (AvgIpc) is 3.45. The fourth-order valence-electron chi connectivity index (χ4n) is 4.33. The molecule has 33 heavy (non-hydrogen) atoms. The highest BCUT2D eigenvalue weighted by Gasteiger charge is 2.31. The number of thioether (sulfide) groups is 1. The molecule has 3 heterocycles. The number of rotatable bonds is 5. The number of hydrazine groups is 1. The average molecular weight is 476 g/mol. The summed E-state index contributed by atoms with van der Waals surface area (Å²) in [5, 5.41) is 2.49. The highest BCUT2D eigenvalue weighted by atomic mass is 32.2. The zero-order valence-corrected chi connectivity index (χ0v) is 19.9. The van der Waals surface area contributed by atoms with Crippen molar-refractivity contribution in [1.82, 2.24) is 20.2 Å². The van der Waals surface area contributed by atoms with E-state index in [1.807, 2.05) is 5.01 Å². The van der Waals surface area contributed by atoms with Crippen LogP contribution in [0.1, 0.15) is 38.7 Å². The second-order valence-electron chi connectivity index (χ2n) is 8.24. The molecule has 0 saturated carbocycles. The van der Waals surface area contributed by atoms with Gasteiger partial charge in [0.1, 0.15) is 11.6 Å².